The van der Waals surface area contributed by atoms with Crippen LogP contribution >= 0.6 is 0 Å². The quantitative estimate of drug-likeness (QED) is 0.898. The van der Waals surface area contributed by atoms with Crippen LogP contribution in [-0.2, 0) is 13.0 Å². The van der Waals surface area contributed by atoms with Crippen LogP contribution in [0, 0.1) is 5.92 Å². The van der Waals surface area contributed by atoms with Crippen molar-refractivity contribution in [1.29, 1.82) is 0 Å². The summed E-state index contributed by atoms with van der Waals surface area (Å²) in [5.41, 5.74) is 0. The average Bonchev–Trinajstić information content (AvgIpc) is 2.93. The second-order valence-electron chi connectivity index (χ2n) is 4.70. The summed E-state index contributed by atoms with van der Waals surface area (Å²) in [6.45, 7) is 1.87. The van der Waals surface area contributed by atoms with E-state index in [1.807, 2.05) is 12.4 Å². The lowest BCUT2D eigenvalue weighted by molar-refractivity contribution is 0.379. The monoisotopic (exact) mass is 259 g/mol. The first kappa shape index (κ1) is 12.0. The highest BCUT2D eigenvalue weighted by atomic mass is 16.5. The molecule has 0 saturated carbocycles. The zero-order valence-electron chi connectivity index (χ0n) is 10.9. The van der Waals surface area contributed by atoms with E-state index >= 15 is 0 Å². The number of aryl methyl sites for hydroxylation is 1. The molecular formula is C13H17N5O. The van der Waals surface area contributed by atoms with Crippen molar-refractivity contribution in [3.63, 3.8) is 0 Å². The maximum absolute atomic E-state index is 5.08. The first-order valence-electron chi connectivity index (χ1n) is 6.46. The molecule has 3 heterocycles. The van der Waals surface area contributed by atoms with Crippen molar-refractivity contribution < 1.29 is 4.74 Å². The number of nitrogens with one attached hydrogen (secondary N) is 1. The molecule has 3 rings (SSSR count). The Hall–Kier alpha value is -2.11. The van der Waals surface area contributed by atoms with Gasteiger partial charge < -0.3 is 14.6 Å². The molecule has 0 spiro atoms. The van der Waals surface area contributed by atoms with Gasteiger partial charge in [-0.25, -0.2) is 9.97 Å². The highest BCUT2D eigenvalue weighted by molar-refractivity contribution is 5.27. The fraction of sp³-hybridized carbons (Fsp3) is 0.462. The Kier molecular flexibility index (Phi) is 3.31. The van der Waals surface area contributed by atoms with Gasteiger partial charge in [0.25, 0.3) is 0 Å². The van der Waals surface area contributed by atoms with E-state index in [4.69, 9.17) is 4.74 Å². The van der Waals surface area contributed by atoms with E-state index in [1.165, 1.54) is 5.82 Å². The fourth-order valence-corrected chi connectivity index (χ4v) is 2.38. The van der Waals surface area contributed by atoms with Crippen LogP contribution in [0.3, 0.4) is 0 Å². The van der Waals surface area contributed by atoms with Crippen LogP contribution in [0.15, 0.2) is 24.7 Å². The van der Waals surface area contributed by atoms with E-state index in [1.54, 1.807) is 19.4 Å². The predicted octanol–water partition coefficient (Wildman–Crippen LogP) is 1.36. The maximum Gasteiger partial charge on any atom is 0.225 e. The van der Waals surface area contributed by atoms with Gasteiger partial charge in [0.2, 0.25) is 11.8 Å². The van der Waals surface area contributed by atoms with Gasteiger partial charge in [-0.1, -0.05) is 0 Å². The standard InChI is InChI=1S/C13H17N5O/c1-19-12-4-5-15-13(17-12)16-8-10-2-3-11-14-6-7-18(11)9-10/h4-7,10H,2-3,8-9H2,1H3,(H,15,16,17). The van der Waals surface area contributed by atoms with Gasteiger partial charge in [0, 0.05) is 44.2 Å². The number of hydrogen-bond donors (Lipinski definition) is 1. The van der Waals surface area contributed by atoms with Gasteiger partial charge >= 0.3 is 0 Å². The first-order valence-corrected chi connectivity index (χ1v) is 6.46. The first-order chi connectivity index (χ1) is 9.35. The molecule has 0 aromatic carbocycles. The number of hydrogen-bond acceptors (Lipinski definition) is 5. The largest absolute Gasteiger partial charge is 0.481 e. The minimum absolute atomic E-state index is 0.580. The Bertz CT molecular complexity index is 553. The summed E-state index contributed by atoms with van der Waals surface area (Å²) >= 11 is 0. The molecule has 1 unspecified atom stereocenters. The lowest BCUT2D eigenvalue weighted by Crippen LogP contribution is -2.26. The van der Waals surface area contributed by atoms with E-state index in [9.17, 15) is 0 Å². The van der Waals surface area contributed by atoms with Crippen LogP contribution in [0.4, 0.5) is 5.95 Å². The number of anilines is 1. The molecular weight excluding hydrogens is 242 g/mol. The van der Waals surface area contributed by atoms with Crippen molar-refractivity contribution in [1.82, 2.24) is 19.5 Å². The van der Waals surface area contributed by atoms with Crippen molar-refractivity contribution in [2.75, 3.05) is 19.0 Å². The van der Waals surface area contributed by atoms with Crippen LogP contribution in [0.25, 0.3) is 0 Å². The minimum Gasteiger partial charge on any atom is -0.481 e. The van der Waals surface area contributed by atoms with Crippen LogP contribution in [0.5, 0.6) is 5.88 Å². The SMILES string of the molecule is COc1ccnc(NCC2CCc3nccn3C2)n1. The van der Waals surface area contributed by atoms with E-state index < -0.39 is 0 Å². The van der Waals surface area contributed by atoms with Crippen LogP contribution < -0.4 is 10.1 Å². The summed E-state index contributed by atoms with van der Waals surface area (Å²) in [6.07, 6.45) is 7.80. The summed E-state index contributed by atoms with van der Waals surface area (Å²) in [6, 6.07) is 1.74. The summed E-state index contributed by atoms with van der Waals surface area (Å²) in [4.78, 5) is 12.8. The molecule has 2 aromatic heterocycles. The Morgan fingerprint density at radius 2 is 2.37 bits per heavy atom. The molecule has 1 aliphatic rings. The molecule has 1 N–H and O–H groups in total. The lowest BCUT2D eigenvalue weighted by Gasteiger charge is -2.23. The van der Waals surface area contributed by atoms with Gasteiger partial charge in [0.15, 0.2) is 0 Å². The minimum atomic E-state index is 0.580. The second kappa shape index (κ2) is 5.26. The number of aromatic nitrogens is 4. The molecule has 0 aliphatic carbocycles. The average molecular weight is 259 g/mol. The number of rotatable bonds is 4. The van der Waals surface area contributed by atoms with Crippen LogP contribution in [0.1, 0.15) is 12.2 Å². The number of imidazole rings is 1. The Morgan fingerprint density at radius 1 is 1.42 bits per heavy atom. The third-order valence-corrected chi connectivity index (χ3v) is 3.42. The van der Waals surface area contributed by atoms with E-state index in [0.717, 1.165) is 25.9 Å². The van der Waals surface area contributed by atoms with Crippen molar-refractivity contribution in [3.05, 3.63) is 30.5 Å². The third kappa shape index (κ3) is 2.67. The van der Waals surface area contributed by atoms with Crippen molar-refractivity contribution in [2.45, 2.75) is 19.4 Å². The zero-order valence-corrected chi connectivity index (χ0v) is 10.9. The van der Waals surface area contributed by atoms with Crippen LogP contribution in [0.2, 0.25) is 0 Å². The van der Waals surface area contributed by atoms with Crippen molar-refractivity contribution >= 4 is 5.95 Å². The van der Waals surface area contributed by atoms with Gasteiger partial charge in [-0.15, -0.1) is 0 Å². The lowest BCUT2D eigenvalue weighted by atomic mass is 9.99. The number of fused-ring (bicyclic) bond motifs is 1. The Morgan fingerprint density at radius 3 is 3.26 bits per heavy atom. The Labute approximate surface area is 111 Å². The van der Waals surface area contributed by atoms with Gasteiger partial charge in [-0.2, -0.15) is 4.98 Å². The smallest absolute Gasteiger partial charge is 0.225 e. The molecule has 0 bridgehead atoms. The predicted molar refractivity (Wildman–Crippen MR) is 71.1 cm³/mol. The summed E-state index contributed by atoms with van der Waals surface area (Å²) in [5.74, 6) is 2.97. The van der Waals surface area contributed by atoms with E-state index in [2.05, 4.69) is 24.8 Å². The molecule has 1 atom stereocenters. The highest BCUT2D eigenvalue weighted by Crippen LogP contribution is 2.19. The molecule has 6 nitrogen and oxygen atoms in total. The second-order valence-corrected chi connectivity index (χ2v) is 4.70. The number of ether oxygens (including phenoxy) is 1. The van der Waals surface area contributed by atoms with Crippen molar-refractivity contribution in [3.8, 4) is 5.88 Å². The van der Waals surface area contributed by atoms with Gasteiger partial charge in [0.1, 0.15) is 5.82 Å². The molecule has 100 valence electrons. The summed E-state index contributed by atoms with van der Waals surface area (Å²) < 4.78 is 7.30. The van der Waals surface area contributed by atoms with Crippen molar-refractivity contribution in [2.24, 2.45) is 5.92 Å². The Balaban J connectivity index is 1.58. The summed E-state index contributed by atoms with van der Waals surface area (Å²) in [5, 5.41) is 3.28. The zero-order chi connectivity index (χ0) is 13.1. The molecule has 0 radical (unpaired) electrons. The summed E-state index contributed by atoms with van der Waals surface area (Å²) in [7, 11) is 1.60. The number of methoxy groups -OCH3 is 1. The topological polar surface area (TPSA) is 64.9 Å². The number of nitrogens with zero attached hydrogens (tertiary/aromatic N) is 4. The van der Waals surface area contributed by atoms with Crippen LogP contribution in [-0.4, -0.2) is 33.2 Å². The third-order valence-electron chi connectivity index (χ3n) is 3.42. The molecule has 2 aromatic rings. The molecule has 6 heteroatoms. The van der Waals surface area contributed by atoms with Gasteiger partial charge in [0.05, 0.1) is 7.11 Å². The van der Waals surface area contributed by atoms with E-state index in [0.29, 0.717) is 17.7 Å². The molecule has 19 heavy (non-hydrogen) atoms. The fourth-order valence-electron chi connectivity index (χ4n) is 2.38. The molecule has 1 aliphatic heterocycles. The normalized spacial score (nSPS) is 17.8. The highest BCUT2D eigenvalue weighted by Gasteiger charge is 2.18. The molecule has 0 amide bonds. The van der Waals surface area contributed by atoms with Gasteiger partial charge in [-0.3, -0.25) is 0 Å². The van der Waals surface area contributed by atoms with Gasteiger partial charge in [-0.05, 0) is 12.3 Å². The molecule has 0 fully saturated rings. The van der Waals surface area contributed by atoms with E-state index in [-0.39, 0.29) is 0 Å². The maximum atomic E-state index is 5.08. The molecule has 0 saturated heterocycles.